The summed E-state index contributed by atoms with van der Waals surface area (Å²) in [4.78, 5) is 53.8. The second kappa shape index (κ2) is 17.7. The Morgan fingerprint density at radius 2 is 1.10 bits per heavy atom. The van der Waals surface area contributed by atoms with Crippen molar-refractivity contribution in [1.82, 2.24) is 5.32 Å². The molecular formula is C37H59ClNO12P. The fraction of sp³-hybridized carbons (Fsp3) is 0.730. The number of carbonyl (C=O) groups is 4. The molecule has 13 nitrogen and oxygen atoms in total. The molecule has 0 bridgehead atoms. The summed E-state index contributed by atoms with van der Waals surface area (Å²) in [7, 11) is -4.09. The first-order valence-electron chi connectivity index (χ1n) is 17.5. The number of halogens is 1. The molecule has 0 saturated carbocycles. The highest BCUT2D eigenvalue weighted by Crippen LogP contribution is 2.60. The maximum atomic E-state index is 14.6. The topological polar surface area (TPSA) is 162 Å². The maximum absolute atomic E-state index is 14.6. The van der Waals surface area contributed by atoms with Crippen LogP contribution in [-0.4, -0.2) is 74.3 Å². The lowest BCUT2D eigenvalue weighted by Gasteiger charge is -2.47. The lowest BCUT2D eigenvalue weighted by Crippen LogP contribution is -2.66. The molecule has 1 saturated heterocycles. The van der Waals surface area contributed by atoms with E-state index in [2.05, 4.69) is 5.32 Å². The molecule has 1 fully saturated rings. The first kappa shape index (κ1) is 45.6. The molecule has 2 rings (SSSR count). The molecule has 1 aromatic rings. The number of benzene rings is 1. The molecule has 15 heteroatoms. The molecule has 1 aliphatic heterocycles. The van der Waals surface area contributed by atoms with Crippen molar-refractivity contribution < 1.29 is 56.5 Å². The van der Waals surface area contributed by atoms with Crippen molar-refractivity contribution in [2.45, 2.75) is 133 Å². The van der Waals surface area contributed by atoms with E-state index in [-0.39, 0.29) is 13.2 Å². The lowest BCUT2D eigenvalue weighted by atomic mass is 9.92. The van der Waals surface area contributed by atoms with Crippen LogP contribution in [0, 0.1) is 21.7 Å². The van der Waals surface area contributed by atoms with Gasteiger partial charge in [0.2, 0.25) is 0 Å². The Hall–Kier alpha value is -2.54. The largest absolute Gasteiger partial charge is 0.462 e. The molecule has 1 N–H and O–H groups in total. The number of nitrogens with one attached hydrogen (secondary N) is 1. The van der Waals surface area contributed by atoms with Gasteiger partial charge in [0.15, 0.2) is 24.5 Å². The average Bonchev–Trinajstić information content (AvgIpc) is 2.99. The predicted octanol–water partition coefficient (Wildman–Crippen LogP) is 7.38. The summed E-state index contributed by atoms with van der Waals surface area (Å²) >= 11 is 6.21. The predicted molar refractivity (Wildman–Crippen MR) is 195 cm³/mol. The first-order chi connectivity index (χ1) is 23.7. The second-order valence-electron chi connectivity index (χ2n) is 16.8. The quantitative estimate of drug-likeness (QED) is 0.120. The molecule has 6 atom stereocenters. The van der Waals surface area contributed by atoms with Crippen LogP contribution in [0.2, 0.25) is 5.02 Å². The third-order valence-electron chi connectivity index (χ3n) is 7.63. The van der Waals surface area contributed by atoms with Crippen molar-refractivity contribution in [1.29, 1.82) is 0 Å². The molecule has 0 aliphatic carbocycles. The van der Waals surface area contributed by atoms with Gasteiger partial charge in [0.05, 0.1) is 34.9 Å². The van der Waals surface area contributed by atoms with Gasteiger partial charge in [-0.05, 0) is 115 Å². The molecule has 1 heterocycles. The number of carbonyl (C=O) groups excluding carboxylic acids is 4. The van der Waals surface area contributed by atoms with Gasteiger partial charge >= 0.3 is 31.5 Å². The zero-order chi connectivity index (χ0) is 40.0. The average molecular weight is 776 g/mol. The van der Waals surface area contributed by atoms with E-state index in [0.717, 1.165) is 0 Å². The number of ether oxygens (including phenoxy) is 5. The summed E-state index contributed by atoms with van der Waals surface area (Å²) in [5, 5.41) is 3.59. The highest BCUT2D eigenvalue weighted by molar-refractivity contribution is 7.54. The van der Waals surface area contributed by atoms with Crippen LogP contribution in [0.5, 0.6) is 0 Å². The molecule has 0 unspecified atom stereocenters. The van der Waals surface area contributed by atoms with Crippen LogP contribution < -0.4 is 5.32 Å². The van der Waals surface area contributed by atoms with Crippen LogP contribution in [0.25, 0.3) is 0 Å². The zero-order valence-corrected chi connectivity index (χ0v) is 34.8. The van der Waals surface area contributed by atoms with E-state index in [1.54, 1.807) is 121 Å². The van der Waals surface area contributed by atoms with Crippen molar-refractivity contribution in [3.05, 3.63) is 34.9 Å². The summed E-state index contributed by atoms with van der Waals surface area (Å²) < 4.78 is 56.6. The van der Waals surface area contributed by atoms with E-state index in [9.17, 15) is 23.7 Å². The maximum Gasteiger partial charge on any atom is 0.352 e. The monoisotopic (exact) mass is 775 g/mol. The van der Waals surface area contributed by atoms with Crippen LogP contribution in [0.4, 0.5) is 0 Å². The van der Waals surface area contributed by atoms with Gasteiger partial charge in [0.1, 0.15) is 18.5 Å². The number of hydrogen-bond acceptors (Lipinski definition) is 13. The van der Waals surface area contributed by atoms with E-state index in [0.29, 0.717) is 10.6 Å². The minimum atomic E-state index is -4.09. The summed E-state index contributed by atoms with van der Waals surface area (Å²) in [6, 6.07) is 6.43. The van der Waals surface area contributed by atoms with Gasteiger partial charge in [-0.3, -0.25) is 29.1 Å². The van der Waals surface area contributed by atoms with Gasteiger partial charge < -0.3 is 32.7 Å². The fourth-order valence-corrected chi connectivity index (χ4v) is 6.67. The van der Waals surface area contributed by atoms with Gasteiger partial charge in [-0.1, -0.05) is 23.7 Å². The van der Waals surface area contributed by atoms with Crippen LogP contribution >= 0.6 is 19.2 Å². The smallest absolute Gasteiger partial charge is 0.352 e. The van der Waals surface area contributed by atoms with Gasteiger partial charge in [0, 0.05) is 5.02 Å². The van der Waals surface area contributed by atoms with Crippen molar-refractivity contribution in [3.8, 4) is 0 Å². The van der Waals surface area contributed by atoms with Gasteiger partial charge in [-0.25, -0.2) is 0 Å². The molecule has 0 aromatic heterocycles. The van der Waals surface area contributed by atoms with E-state index < -0.39 is 96.2 Å². The fourth-order valence-electron chi connectivity index (χ4n) is 4.58. The zero-order valence-electron chi connectivity index (χ0n) is 33.1. The van der Waals surface area contributed by atoms with Crippen molar-refractivity contribution in [2.24, 2.45) is 21.7 Å². The summed E-state index contributed by atoms with van der Waals surface area (Å²) in [5.41, 5.74) is -3.63. The molecule has 0 amide bonds. The number of hydrogen-bond donors (Lipinski definition) is 1. The highest BCUT2D eigenvalue weighted by Gasteiger charge is 2.56. The van der Waals surface area contributed by atoms with Gasteiger partial charge in [-0.15, -0.1) is 0 Å². The highest BCUT2D eigenvalue weighted by atomic mass is 35.5. The molecule has 1 aliphatic rings. The summed E-state index contributed by atoms with van der Waals surface area (Å²) in [6.07, 6.45) is -7.21. The minimum absolute atomic E-state index is 0.0129. The van der Waals surface area contributed by atoms with Crippen LogP contribution in [-0.2, 0) is 56.5 Å². The van der Waals surface area contributed by atoms with E-state index >= 15 is 0 Å². The standard InChI is InChI=1S/C37H59ClNO12P/c1-15-46-52(44,47-16-2)29(22-17-19-23(38)20-18-22)39-28-27(51-33(43)37(12,13)14)26(50-32(42)36(9,10)11)25(49-31(41)35(6,7)8)24(48-28)21-45-30(40)34(3,4)5/h17-20,24-29,39H,15-16,21H2,1-14H3/t24-,25+,26+,27-,28-,29-/m1/s1. The second-order valence-corrected chi connectivity index (χ2v) is 19.3. The number of esters is 4. The van der Waals surface area contributed by atoms with Crippen LogP contribution in [0.3, 0.4) is 0 Å². The number of rotatable bonds is 13. The molecule has 0 radical (unpaired) electrons. The minimum Gasteiger partial charge on any atom is -0.462 e. The normalized spacial score (nSPS) is 22.2. The Morgan fingerprint density at radius 3 is 1.50 bits per heavy atom. The Labute approximate surface area is 313 Å². The molecule has 1 aromatic carbocycles. The third kappa shape index (κ3) is 12.5. The molecule has 52 heavy (non-hydrogen) atoms. The third-order valence-corrected chi connectivity index (χ3v) is 10.2. The lowest BCUT2D eigenvalue weighted by molar-refractivity contribution is -0.265. The SMILES string of the molecule is CCOP(=O)(OCC)[C@@H](N[C@@H]1O[C@H](COC(=O)C(C)(C)C)[C@H](OC(=O)C(C)(C)C)[C@H](OC(=O)C(C)(C)C)[C@H]1OC(=O)C(C)(C)C)c1ccc(Cl)cc1. The summed E-state index contributed by atoms with van der Waals surface area (Å²) in [6.45, 7) is 22.6. The van der Waals surface area contributed by atoms with Gasteiger partial charge in [0.25, 0.3) is 0 Å². The molecule has 0 spiro atoms. The Bertz CT molecular complexity index is 1430. The summed E-state index contributed by atoms with van der Waals surface area (Å²) in [5.74, 6) is -3.93. The van der Waals surface area contributed by atoms with Crippen LogP contribution in [0.1, 0.15) is 108 Å². The van der Waals surface area contributed by atoms with Crippen molar-refractivity contribution >= 4 is 43.1 Å². The molecule has 296 valence electrons. The Balaban J connectivity index is 2.93. The Kier molecular flexibility index (Phi) is 15.6. The van der Waals surface area contributed by atoms with E-state index in [1.165, 1.54) is 0 Å². The Morgan fingerprint density at radius 1 is 0.692 bits per heavy atom. The van der Waals surface area contributed by atoms with Gasteiger partial charge in [-0.2, -0.15) is 0 Å². The van der Waals surface area contributed by atoms with E-state index in [4.69, 9.17) is 44.3 Å². The van der Waals surface area contributed by atoms with Crippen molar-refractivity contribution in [2.75, 3.05) is 19.8 Å². The van der Waals surface area contributed by atoms with Crippen LogP contribution in [0.15, 0.2) is 24.3 Å². The van der Waals surface area contributed by atoms with Crippen molar-refractivity contribution in [3.63, 3.8) is 0 Å². The van der Waals surface area contributed by atoms with E-state index in [1.807, 2.05) is 0 Å². The molecular weight excluding hydrogens is 717 g/mol. The first-order valence-corrected chi connectivity index (χ1v) is 19.5.